The van der Waals surface area contributed by atoms with Crippen LogP contribution >= 0.6 is 11.6 Å². The highest BCUT2D eigenvalue weighted by molar-refractivity contribution is 7.87. The minimum atomic E-state index is -4.03. The molecule has 110 valence electrons. The summed E-state index contributed by atoms with van der Waals surface area (Å²) in [5.41, 5.74) is 0.274. The van der Waals surface area contributed by atoms with Crippen molar-refractivity contribution in [2.45, 2.75) is 11.8 Å². The lowest BCUT2D eigenvalue weighted by molar-refractivity contribution is -0.114. The second kappa shape index (κ2) is 6.15. The molecule has 0 aliphatic rings. The number of rotatable bonds is 4. The Morgan fingerprint density at radius 1 is 1.14 bits per heavy atom. The van der Waals surface area contributed by atoms with Crippen molar-refractivity contribution in [2.24, 2.45) is 0 Å². The third kappa shape index (κ3) is 3.96. The number of nitrogens with one attached hydrogen (secondary N) is 1. The van der Waals surface area contributed by atoms with Gasteiger partial charge in [0.15, 0.2) is 5.75 Å². The highest BCUT2D eigenvalue weighted by Crippen LogP contribution is 2.27. The van der Waals surface area contributed by atoms with E-state index in [0.29, 0.717) is 0 Å². The van der Waals surface area contributed by atoms with Crippen LogP contribution < -0.4 is 9.50 Å². The van der Waals surface area contributed by atoms with Gasteiger partial charge in [0.05, 0.1) is 5.69 Å². The minimum absolute atomic E-state index is 0.0349. The molecule has 0 aliphatic heterocycles. The maximum atomic E-state index is 12.2. The first-order valence-electron chi connectivity index (χ1n) is 5.95. The monoisotopic (exact) mass is 325 g/mol. The molecule has 5 nitrogen and oxygen atoms in total. The van der Waals surface area contributed by atoms with Crippen LogP contribution in [0, 0.1) is 0 Å². The Balaban J connectivity index is 2.35. The molecule has 2 aromatic carbocycles. The maximum Gasteiger partial charge on any atom is 0.339 e. The van der Waals surface area contributed by atoms with Gasteiger partial charge in [-0.1, -0.05) is 29.8 Å². The van der Waals surface area contributed by atoms with E-state index in [0.717, 1.165) is 0 Å². The van der Waals surface area contributed by atoms with Crippen LogP contribution in [0.4, 0.5) is 5.69 Å². The van der Waals surface area contributed by atoms with Crippen LogP contribution in [0.3, 0.4) is 0 Å². The van der Waals surface area contributed by atoms with E-state index in [4.69, 9.17) is 15.8 Å². The van der Waals surface area contributed by atoms with Gasteiger partial charge in [-0.3, -0.25) is 4.79 Å². The van der Waals surface area contributed by atoms with Crippen LogP contribution in [0.2, 0.25) is 5.02 Å². The smallest absolute Gasteiger partial charge is 0.339 e. The number of halogens is 1. The Kier molecular flexibility index (Phi) is 4.50. The van der Waals surface area contributed by atoms with Crippen LogP contribution in [-0.2, 0) is 14.9 Å². The van der Waals surface area contributed by atoms with Crippen LogP contribution in [0.5, 0.6) is 5.75 Å². The largest absolute Gasteiger partial charge is 0.377 e. The molecule has 0 aliphatic carbocycles. The number of amides is 1. The molecule has 7 heteroatoms. The van der Waals surface area contributed by atoms with Gasteiger partial charge in [0, 0.05) is 11.9 Å². The Hall–Kier alpha value is -2.05. The Morgan fingerprint density at radius 2 is 1.86 bits per heavy atom. The van der Waals surface area contributed by atoms with E-state index in [1.165, 1.54) is 31.2 Å². The Morgan fingerprint density at radius 3 is 2.52 bits per heavy atom. The van der Waals surface area contributed by atoms with Gasteiger partial charge in [-0.2, -0.15) is 8.42 Å². The van der Waals surface area contributed by atoms with Gasteiger partial charge in [0.2, 0.25) is 5.91 Å². The number of carbonyl (C=O) groups excluding carboxylic acids is 1. The summed E-state index contributed by atoms with van der Waals surface area (Å²) in [6, 6.07) is 12.0. The van der Waals surface area contributed by atoms with E-state index >= 15 is 0 Å². The fraction of sp³-hybridized carbons (Fsp3) is 0.0714. The molecule has 0 fully saturated rings. The number of para-hydroxylation sites is 2. The zero-order valence-electron chi connectivity index (χ0n) is 11.0. The molecule has 0 saturated carbocycles. The summed E-state index contributed by atoms with van der Waals surface area (Å²) in [5.74, 6) is -0.293. The zero-order valence-corrected chi connectivity index (χ0v) is 12.6. The van der Waals surface area contributed by atoms with Crippen molar-refractivity contribution in [3.05, 3.63) is 53.6 Å². The molecule has 2 aromatic rings. The van der Waals surface area contributed by atoms with E-state index in [2.05, 4.69) is 5.32 Å². The molecule has 0 bridgehead atoms. The molecule has 0 heterocycles. The van der Waals surface area contributed by atoms with Crippen molar-refractivity contribution in [1.29, 1.82) is 0 Å². The molecule has 0 atom stereocenters. The van der Waals surface area contributed by atoms with Gasteiger partial charge >= 0.3 is 10.1 Å². The first-order valence-corrected chi connectivity index (χ1v) is 7.74. The van der Waals surface area contributed by atoms with Crippen LogP contribution in [0.1, 0.15) is 6.92 Å². The van der Waals surface area contributed by atoms with Crippen molar-refractivity contribution in [1.82, 2.24) is 0 Å². The third-order valence-corrected chi connectivity index (χ3v) is 3.95. The van der Waals surface area contributed by atoms with E-state index in [-0.39, 0.29) is 27.3 Å². The average molecular weight is 326 g/mol. The molecule has 0 saturated heterocycles. The number of hydrogen-bond acceptors (Lipinski definition) is 4. The van der Waals surface area contributed by atoms with Gasteiger partial charge in [-0.05, 0) is 30.3 Å². The van der Waals surface area contributed by atoms with Crippen molar-refractivity contribution >= 4 is 33.3 Å². The Labute approximate surface area is 127 Å². The molecular formula is C14H12ClNO4S. The average Bonchev–Trinajstić information content (AvgIpc) is 2.40. The molecule has 0 spiro atoms. The van der Waals surface area contributed by atoms with E-state index in [1.54, 1.807) is 24.3 Å². The molecule has 0 radical (unpaired) electrons. The molecule has 1 amide bonds. The van der Waals surface area contributed by atoms with Gasteiger partial charge in [-0.15, -0.1) is 0 Å². The first kappa shape index (κ1) is 15.3. The van der Waals surface area contributed by atoms with E-state index < -0.39 is 10.1 Å². The van der Waals surface area contributed by atoms with E-state index in [9.17, 15) is 13.2 Å². The van der Waals surface area contributed by atoms with Crippen molar-refractivity contribution < 1.29 is 17.4 Å². The van der Waals surface area contributed by atoms with Crippen LogP contribution in [-0.4, -0.2) is 14.3 Å². The molecule has 2 rings (SSSR count). The molecular weight excluding hydrogens is 314 g/mol. The fourth-order valence-corrected chi connectivity index (χ4v) is 2.87. The highest BCUT2D eigenvalue weighted by Gasteiger charge is 2.19. The lowest BCUT2D eigenvalue weighted by Crippen LogP contribution is -2.13. The normalized spacial score (nSPS) is 11.0. The SMILES string of the molecule is CC(=O)Nc1ccccc1OS(=O)(=O)c1cccc(Cl)c1. The summed E-state index contributed by atoms with van der Waals surface area (Å²) in [4.78, 5) is 11.0. The summed E-state index contributed by atoms with van der Waals surface area (Å²) in [6.45, 7) is 1.32. The standard InChI is InChI=1S/C14H12ClNO4S/c1-10(17)16-13-7-2-3-8-14(13)20-21(18,19)12-6-4-5-11(15)9-12/h2-9H,1H3,(H,16,17). The predicted molar refractivity (Wildman–Crippen MR) is 80.0 cm³/mol. The van der Waals surface area contributed by atoms with Gasteiger partial charge in [-0.25, -0.2) is 0 Å². The first-order chi connectivity index (χ1) is 9.88. The summed E-state index contributed by atoms with van der Waals surface area (Å²) in [5, 5.41) is 2.79. The molecule has 0 aromatic heterocycles. The number of anilines is 1. The number of hydrogen-bond donors (Lipinski definition) is 1. The van der Waals surface area contributed by atoms with Crippen LogP contribution in [0.15, 0.2) is 53.4 Å². The van der Waals surface area contributed by atoms with Gasteiger partial charge in [0.25, 0.3) is 0 Å². The Bertz CT molecular complexity index is 774. The van der Waals surface area contributed by atoms with Gasteiger partial charge in [0.1, 0.15) is 4.90 Å². The molecule has 0 unspecified atom stereocenters. The maximum absolute atomic E-state index is 12.2. The van der Waals surface area contributed by atoms with Crippen molar-refractivity contribution in [3.63, 3.8) is 0 Å². The summed E-state index contributed by atoms with van der Waals surface area (Å²) in [6.07, 6.45) is 0. The quantitative estimate of drug-likeness (QED) is 0.877. The van der Waals surface area contributed by atoms with Crippen LogP contribution in [0.25, 0.3) is 0 Å². The second-order valence-corrected chi connectivity index (χ2v) is 6.15. The summed E-state index contributed by atoms with van der Waals surface area (Å²) >= 11 is 5.78. The van der Waals surface area contributed by atoms with Gasteiger partial charge < -0.3 is 9.50 Å². The molecule has 21 heavy (non-hydrogen) atoms. The van der Waals surface area contributed by atoms with Crippen molar-refractivity contribution in [3.8, 4) is 5.75 Å². The summed E-state index contributed by atoms with van der Waals surface area (Å²) in [7, 11) is -4.03. The third-order valence-electron chi connectivity index (χ3n) is 2.48. The lowest BCUT2D eigenvalue weighted by atomic mass is 10.3. The number of benzene rings is 2. The lowest BCUT2D eigenvalue weighted by Gasteiger charge is -2.11. The predicted octanol–water partition coefficient (Wildman–Crippen LogP) is 3.07. The molecule has 1 N–H and O–H groups in total. The highest BCUT2D eigenvalue weighted by atomic mass is 35.5. The fourth-order valence-electron chi connectivity index (χ4n) is 1.62. The van der Waals surface area contributed by atoms with Crippen molar-refractivity contribution in [2.75, 3.05) is 5.32 Å². The topological polar surface area (TPSA) is 72.5 Å². The van der Waals surface area contributed by atoms with E-state index in [1.807, 2.05) is 0 Å². The second-order valence-electron chi connectivity index (χ2n) is 4.17. The zero-order chi connectivity index (χ0) is 15.5. The minimum Gasteiger partial charge on any atom is -0.377 e. The number of carbonyl (C=O) groups is 1. The summed E-state index contributed by atoms with van der Waals surface area (Å²) < 4.78 is 29.5.